The monoisotopic (exact) mass is 382 g/mol. The largest absolute Gasteiger partial charge is 0.375 e. The minimum Gasteiger partial charge on any atom is -0.375 e. The Balaban J connectivity index is 1.48. The van der Waals surface area contributed by atoms with Crippen LogP contribution in [0.3, 0.4) is 0 Å². The number of likely N-dealkylation sites (tertiary alicyclic amines) is 1. The van der Waals surface area contributed by atoms with Gasteiger partial charge in [0.05, 0.1) is 0 Å². The second-order valence-corrected chi connectivity index (χ2v) is 7.01. The van der Waals surface area contributed by atoms with Gasteiger partial charge in [0.2, 0.25) is 5.91 Å². The van der Waals surface area contributed by atoms with E-state index < -0.39 is 0 Å². The van der Waals surface area contributed by atoms with Crippen LogP contribution in [0.5, 0.6) is 0 Å². The fourth-order valence-electron chi connectivity index (χ4n) is 3.43. The highest BCUT2D eigenvalue weighted by Crippen LogP contribution is 2.23. The standard InChI is InChI=1S/C21H26N4O3/c1-28-15-20(26)25-12-8-16(9-13-25)5-6-17-7-11-23-19(14-17)24-21(27)18-4-2-3-10-22-18/h2-4,7,10-11,14,16H,5-6,8-9,12-13,15H2,1H3,(H,23,24,27). The second-order valence-electron chi connectivity index (χ2n) is 7.01. The van der Waals surface area contributed by atoms with Gasteiger partial charge in [-0.15, -0.1) is 0 Å². The van der Waals surface area contributed by atoms with Gasteiger partial charge in [0.1, 0.15) is 18.1 Å². The van der Waals surface area contributed by atoms with Gasteiger partial charge in [-0.3, -0.25) is 14.6 Å². The summed E-state index contributed by atoms with van der Waals surface area (Å²) in [7, 11) is 1.55. The van der Waals surface area contributed by atoms with E-state index in [2.05, 4.69) is 15.3 Å². The van der Waals surface area contributed by atoms with Gasteiger partial charge in [0, 0.05) is 32.6 Å². The molecule has 0 aliphatic carbocycles. The van der Waals surface area contributed by atoms with Gasteiger partial charge < -0.3 is 15.0 Å². The van der Waals surface area contributed by atoms with Gasteiger partial charge in [-0.25, -0.2) is 4.98 Å². The molecule has 28 heavy (non-hydrogen) atoms. The number of rotatable bonds is 7. The summed E-state index contributed by atoms with van der Waals surface area (Å²) in [4.78, 5) is 34.2. The molecular formula is C21H26N4O3. The van der Waals surface area contributed by atoms with E-state index in [0.717, 1.165) is 44.3 Å². The van der Waals surface area contributed by atoms with Gasteiger partial charge in [-0.1, -0.05) is 6.07 Å². The summed E-state index contributed by atoms with van der Waals surface area (Å²) < 4.78 is 4.92. The second kappa shape index (κ2) is 9.94. The molecule has 1 N–H and O–H groups in total. The number of carbonyl (C=O) groups excluding carboxylic acids is 2. The Morgan fingerprint density at radius 1 is 1.18 bits per heavy atom. The van der Waals surface area contributed by atoms with E-state index >= 15 is 0 Å². The van der Waals surface area contributed by atoms with Crippen LogP contribution < -0.4 is 5.32 Å². The lowest BCUT2D eigenvalue weighted by Crippen LogP contribution is -2.40. The third-order valence-corrected chi connectivity index (χ3v) is 5.04. The van der Waals surface area contributed by atoms with Crippen LogP contribution in [0.25, 0.3) is 0 Å². The van der Waals surface area contributed by atoms with Crippen molar-refractivity contribution in [2.24, 2.45) is 5.92 Å². The van der Waals surface area contributed by atoms with Crippen molar-refractivity contribution in [3.8, 4) is 0 Å². The Bertz CT molecular complexity index is 789. The molecule has 2 amide bonds. The van der Waals surface area contributed by atoms with Crippen molar-refractivity contribution in [2.45, 2.75) is 25.7 Å². The van der Waals surface area contributed by atoms with Crippen molar-refractivity contribution in [1.29, 1.82) is 0 Å². The molecule has 1 aliphatic rings. The zero-order valence-electron chi connectivity index (χ0n) is 16.1. The smallest absolute Gasteiger partial charge is 0.275 e. The van der Waals surface area contributed by atoms with Crippen LogP contribution in [0, 0.1) is 5.92 Å². The summed E-state index contributed by atoms with van der Waals surface area (Å²) in [5.74, 6) is 0.946. The molecule has 2 aromatic rings. The van der Waals surface area contributed by atoms with E-state index in [1.807, 2.05) is 17.0 Å². The maximum Gasteiger partial charge on any atom is 0.275 e. The average Bonchev–Trinajstić information content (AvgIpc) is 2.74. The Kier molecular flexibility index (Phi) is 7.08. The van der Waals surface area contributed by atoms with Crippen molar-refractivity contribution < 1.29 is 14.3 Å². The third kappa shape index (κ3) is 5.60. The Hall–Kier alpha value is -2.80. The molecule has 1 aliphatic heterocycles. The van der Waals surface area contributed by atoms with Gasteiger partial charge >= 0.3 is 0 Å². The molecule has 0 atom stereocenters. The van der Waals surface area contributed by atoms with Crippen LogP contribution in [0.2, 0.25) is 0 Å². The summed E-state index contributed by atoms with van der Waals surface area (Å²) in [6, 6.07) is 9.11. The molecule has 3 rings (SSSR count). The molecule has 2 aromatic heterocycles. The van der Waals surface area contributed by atoms with E-state index in [1.54, 1.807) is 37.7 Å². The minimum absolute atomic E-state index is 0.0726. The number of aromatic nitrogens is 2. The maximum atomic E-state index is 12.2. The van der Waals surface area contributed by atoms with Crippen LogP contribution in [0.15, 0.2) is 42.7 Å². The van der Waals surface area contributed by atoms with Crippen LogP contribution in [0.4, 0.5) is 5.82 Å². The number of nitrogens with one attached hydrogen (secondary N) is 1. The number of methoxy groups -OCH3 is 1. The zero-order valence-corrected chi connectivity index (χ0v) is 16.1. The van der Waals surface area contributed by atoms with Gasteiger partial charge in [-0.2, -0.15) is 0 Å². The number of piperidine rings is 1. The lowest BCUT2D eigenvalue weighted by atomic mass is 9.90. The first-order chi connectivity index (χ1) is 13.7. The number of aryl methyl sites for hydroxylation is 1. The van der Waals surface area contributed by atoms with Crippen LogP contribution >= 0.6 is 0 Å². The Labute approximate surface area is 165 Å². The van der Waals surface area contributed by atoms with Crippen molar-refractivity contribution in [2.75, 3.05) is 32.1 Å². The summed E-state index contributed by atoms with van der Waals surface area (Å²) in [6.07, 6.45) is 7.32. The van der Waals surface area contributed by atoms with Crippen molar-refractivity contribution >= 4 is 17.6 Å². The van der Waals surface area contributed by atoms with Crippen molar-refractivity contribution in [3.63, 3.8) is 0 Å². The normalized spacial score (nSPS) is 14.7. The van der Waals surface area contributed by atoms with E-state index in [4.69, 9.17) is 4.74 Å². The van der Waals surface area contributed by atoms with Crippen molar-refractivity contribution in [3.05, 3.63) is 54.0 Å². The first-order valence-corrected chi connectivity index (χ1v) is 9.59. The predicted octanol–water partition coefficient (Wildman–Crippen LogP) is 2.55. The van der Waals surface area contributed by atoms with Gasteiger partial charge in [-0.05, 0) is 61.4 Å². The van der Waals surface area contributed by atoms with Crippen LogP contribution in [0.1, 0.15) is 35.3 Å². The number of carbonyl (C=O) groups is 2. The molecule has 0 bridgehead atoms. The highest BCUT2D eigenvalue weighted by Gasteiger charge is 2.22. The summed E-state index contributed by atoms with van der Waals surface area (Å²) >= 11 is 0. The molecule has 148 valence electrons. The lowest BCUT2D eigenvalue weighted by Gasteiger charge is -2.32. The minimum atomic E-state index is -0.265. The highest BCUT2D eigenvalue weighted by atomic mass is 16.5. The third-order valence-electron chi connectivity index (χ3n) is 5.04. The van der Waals surface area contributed by atoms with Gasteiger partial charge in [0.25, 0.3) is 5.91 Å². The molecule has 1 fully saturated rings. The van der Waals surface area contributed by atoms with E-state index in [1.165, 1.54) is 0 Å². The first kappa shape index (κ1) is 19.9. The van der Waals surface area contributed by atoms with Crippen LogP contribution in [-0.2, 0) is 16.0 Å². The summed E-state index contributed by atoms with van der Waals surface area (Å²) in [5, 5.41) is 2.80. The quantitative estimate of drug-likeness (QED) is 0.796. The topological polar surface area (TPSA) is 84.4 Å². The number of amides is 2. The highest BCUT2D eigenvalue weighted by molar-refractivity contribution is 6.02. The van der Waals surface area contributed by atoms with E-state index in [9.17, 15) is 9.59 Å². The molecule has 7 heteroatoms. The fourth-order valence-corrected chi connectivity index (χ4v) is 3.43. The fraction of sp³-hybridized carbons (Fsp3) is 0.429. The maximum absolute atomic E-state index is 12.2. The summed E-state index contributed by atoms with van der Waals surface area (Å²) in [6.45, 7) is 1.76. The SMILES string of the molecule is COCC(=O)N1CCC(CCc2ccnc(NC(=O)c3ccccn3)c2)CC1. The predicted molar refractivity (Wildman–Crippen MR) is 106 cm³/mol. The number of nitrogens with zero attached hydrogens (tertiary/aromatic N) is 3. The number of hydrogen-bond acceptors (Lipinski definition) is 5. The molecule has 0 aromatic carbocycles. The number of hydrogen-bond donors (Lipinski definition) is 1. The first-order valence-electron chi connectivity index (χ1n) is 9.59. The average molecular weight is 382 g/mol. The Morgan fingerprint density at radius 3 is 2.71 bits per heavy atom. The molecule has 1 saturated heterocycles. The van der Waals surface area contributed by atoms with E-state index in [0.29, 0.717) is 17.4 Å². The molecule has 0 spiro atoms. The molecule has 7 nitrogen and oxygen atoms in total. The Morgan fingerprint density at radius 2 is 2.00 bits per heavy atom. The van der Waals surface area contributed by atoms with Crippen molar-refractivity contribution in [1.82, 2.24) is 14.9 Å². The molecule has 0 radical (unpaired) electrons. The number of ether oxygens (including phenoxy) is 1. The van der Waals surface area contributed by atoms with Crippen LogP contribution in [-0.4, -0.2) is 53.5 Å². The molecule has 0 saturated carbocycles. The lowest BCUT2D eigenvalue weighted by molar-refractivity contribution is -0.136. The molecule has 3 heterocycles. The van der Waals surface area contributed by atoms with Gasteiger partial charge in [0.15, 0.2) is 0 Å². The zero-order chi connectivity index (χ0) is 19.8. The number of anilines is 1. The van der Waals surface area contributed by atoms with E-state index in [-0.39, 0.29) is 18.4 Å². The molecular weight excluding hydrogens is 356 g/mol. The number of pyridine rings is 2. The summed E-state index contributed by atoms with van der Waals surface area (Å²) in [5.41, 5.74) is 1.51. The molecule has 0 unspecified atom stereocenters.